The number of halogens is 2. The highest BCUT2D eigenvalue weighted by atomic mass is 35.5. The molecule has 12 nitrogen and oxygen atoms in total. The summed E-state index contributed by atoms with van der Waals surface area (Å²) in [5, 5.41) is 54.2. The van der Waals surface area contributed by atoms with Gasteiger partial charge in [0, 0.05) is 29.7 Å². The van der Waals surface area contributed by atoms with Gasteiger partial charge in [0.25, 0.3) is 11.2 Å². The van der Waals surface area contributed by atoms with Gasteiger partial charge in [-0.1, -0.05) is 29.3 Å². The fourth-order valence-electron chi connectivity index (χ4n) is 5.12. The number of carbonyl (C=O) groups is 4. The molecule has 0 radical (unpaired) electrons. The minimum absolute atomic E-state index is 0.0168. The molecule has 246 valence electrons. The van der Waals surface area contributed by atoms with E-state index in [0.717, 1.165) is 50.2 Å². The number of rotatable bonds is 12. The van der Waals surface area contributed by atoms with Crippen LogP contribution in [0.15, 0.2) is 66.7 Å². The van der Waals surface area contributed by atoms with Gasteiger partial charge in [-0.3, -0.25) is 9.59 Å². The Morgan fingerprint density at radius 1 is 0.783 bits per heavy atom. The molecule has 0 amide bonds. The summed E-state index contributed by atoms with van der Waals surface area (Å²) in [6.45, 7) is 2.08. The van der Waals surface area contributed by atoms with Gasteiger partial charge in [-0.05, 0) is 85.6 Å². The molecule has 0 spiro atoms. The van der Waals surface area contributed by atoms with Gasteiger partial charge in [0.1, 0.15) is 11.5 Å². The predicted molar refractivity (Wildman–Crippen MR) is 167 cm³/mol. The van der Waals surface area contributed by atoms with Crippen LogP contribution >= 0.6 is 23.2 Å². The smallest absolute Gasteiger partial charge is 0.348 e. The summed E-state index contributed by atoms with van der Waals surface area (Å²) >= 11 is 12.0. The quantitative estimate of drug-likeness (QED) is 0.121. The lowest BCUT2D eigenvalue weighted by molar-refractivity contribution is -0.187. The average Bonchev–Trinajstić information content (AvgIpc) is 3.54. The zero-order valence-electron chi connectivity index (χ0n) is 24.8. The van der Waals surface area contributed by atoms with Crippen LogP contribution in [0.5, 0.6) is 11.5 Å². The highest BCUT2D eigenvalue weighted by Gasteiger charge is 2.69. The normalized spacial score (nSPS) is 18.2. The molecule has 6 N–H and O–H groups in total. The van der Waals surface area contributed by atoms with Crippen molar-refractivity contribution >= 4 is 46.7 Å². The molecule has 4 rings (SSSR count). The summed E-state index contributed by atoms with van der Waals surface area (Å²) in [5.41, 5.74) is -7.83. The number of carbonyl (C=O) groups excluding carboxylic acids is 2. The summed E-state index contributed by atoms with van der Waals surface area (Å²) < 4.78 is 9.81. The number of carboxylic acid groups (broad SMARTS) is 2. The number of Topliss-reactive ketones (excluding diaryl/α,β-unsaturated/α-hetero) is 2. The summed E-state index contributed by atoms with van der Waals surface area (Å²) in [7, 11) is 2.67. The van der Waals surface area contributed by atoms with Crippen molar-refractivity contribution in [1.29, 1.82) is 0 Å². The second-order valence-electron chi connectivity index (χ2n) is 10.5. The van der Waals surface area contributed by atoms with Crippen LogP contribution in [0.25, 0.3) is 0 Å². The van der Waals surface area contributed by atoms with E-state index in [-0.39, 0.29) is 23.5 Å². The molecule has 3 aromatic rings. The van der Waals surface area contributed by atoms with E-state index in [1.54, 1.807) is 0 Å². The molecule has 0 saturated carbocycles. The first kappa shape index (κ1) is 36.4. The average molecular weight is 679 g/mol. The molecule has 1 aliphatic heterocycles. The lowest BCUT2D eigenvalue weighted by Gasteiger charge is -2.34. The molecular formula is C32H33Cl2NO11. The Hall–Kier alpha value is -4.04. The maximum Gasteiger partial charge on any atom is 0.348 e. The van der Waals surface area contributed by atoms with E-state index in [9.17, 15) is 44.7 Å². The molecule has 0 aliphatic carbocycles. The van der Waals surface area contributed by atoms with Crippen molar-refractivity contribution in [3.63, 3.8) is 0 Å². The zero-order valence-corrected chi connectivity index (χ0v) is 26.3. The van der Waals surface area contributed by atoms with Crippen molar-refractivity contribution in [1.82, 2.24) is 5.32 Å². The number of nitrogens with one attached hydrogen (secondary N) is 1. The summed E-state index contributed by atoms with van der Waals surface area (Å²) in [5.74, 6) is -7.68. The van der Waals surface area contributed by atoms with E-state index in [4.69, 9.17) is 32.7 Å². The van der Waals surface area contributed by atoms with E-state index < -0.39 is 45.8 Å². The monoisotopic (exact) mass is 677 g/mol. The first-order valence-electron chi connectivity index (χ1n) is 13.8. The fraction of sp³-hybridized carbons (Fsp3) is 0.312. The maximum atomic E-state index is 12.8. The van der Waals surface area contributed by atoms with Crippen LogP contribution in [-0.4, -0.2) is 94.2 Å². The first-order valence-corrected chi connectivity index (χ1v) is 14.5. The van der Waals surface area contributed by atoms with Crippen LogP contribution in [0, 0.1) is 0 Å². The second kappa shape index (κ2) is 15.0. The highest BCUT2D eigenvalue weighted by molar-refractivity contribution is 6.42. The van der Waals surface area contributed by atoms with E-state index in [2.05, 4.69) is 5.32 Å². The van der Waals surface area contributed by atoms with E-state index >= 15 is 0 Å². The van der Waals surface area contributed by atoms with Crippen LogP contribution in [-0.2, 0) is 15.0 Å². The minimum Gasteiger partial charge on any atom is -0.497 e. The number of hydrogen-bond donors (Lipinski definition) is 6. The Bertz CT molecular complexity index is 1490. The lowest BCUT2D eigenvalue weighted by Crippen LogP contribution is -2.71. The van der Waals surface area contributed by atoms with Gasteiger partial charge in [0.15, 0.2) is 0 Å². The molecule has 1 heterocycles. The molecule has 3 aromatic carbocycles. The fourth-order valence-corrected chi connectivity index (χ4v) is 5.42. The van der Waals surface area contributed by atoms with Crippen LogP contribution < -0.4 is 14.8 Å². The Morgan fingerprint density at radius 2 is 1.24 bits per heavy atom. The Morgan fingerprint density at radius 3 is 1.57 bits per heavy atom. The predicted octanol–water partition coefficient (Wildman–Crippen LogP) is 3.01. The number of carboxylic acids is 2. The highest BCUT2D eigenvalue weighted by Crippen LogP contribution is 2.37. The second-order valence-corrected chi connectivity index (χ2v) is 11.3. The first-order chi connectivity index (χ1) is 21.7. The Kier molecular flexibility index (Phi) is 11.9. The lowest BCUT2D eigenvalue weighted by atomic mass is 9.73. The van der Waals surface area contributed by atoms with Crippen LogP contribution in [0.4, 0.5) is 0 Å². The number of aliphatic hydroxyl groups excluding tert-OH is 1. The number of aliphatic hydroxyl groups is 3. The molecule has 0 aromatic heterocycles. The summed E-state index contributed by atoms with van der Waals surface area (Å²) in [6.07, 6.45) is 1.80. The molecule has 1 aliphatic rings. The molecule has 0 bridgehead atoms. The van der Waals surface area contributed by atoms with Gasteiger partial charge in [-0.25, -0.2) is 9.59 Å². The van der Waals surface area contributed by atoms with Gasteiger partial charge >= 0.3 is 11.9 Å². The number of hydrogen-bond acceptors (Lipinski definition) is 10. The zero-order chi connectivity index (χ0) is 34.3. The van der Waals surface area contributed by atoms with Crippen molar-refractivity contribution < 1.29 is 54.2 Å². The van der Waals surface area contributed by atoms with E-state index in [0.29, 0.717) is 10.0 Å². The van der Waals surface area contributed by atoms with Gasteiger partial charge in [0.05, 0.1) is 24.3 Å². The molecule has 3 atom stereocenters. The third-order valence-electron chi connectivity index (χ3n) is 7.87. The maximum absolute atomic E-state index is 12.8. The third-order valence-corrected chi connectivity index (χ3v) is 8.61. The molecule has 1 saturated heterocycles. The standard InChI is InChI=1S/C20H18O10.C12H15Cl2NO/c1-29-13-7-3-11(4-8-13)15(21)19(27,17(23)24)20(28,18(25)26)16(22)12-5-9-14(30-2)10-6-12;13-10-2-1-9(7-11(10)14)12(4-6-16)3-5-15-8-12/h3-10,27-28H,1-2H3,(H,23,24)(H,25,26);1-2,7,15-16H,3-6,8H2/t19-,20-;12-/m00/s1. The van der Waals surface area contributed by atoms with Gasteiger partial charge in [0.2, 0.25) is 11.6 Å². The Labute approximate surface area is 274 Å². The number of aliphatic carboxylic acids is 2. The number of ether oxygens (including phenoxy) is 2. The molecule has 14 heteroatoms. The van der Waals surface area contributed by atoms with Crippen molar-refractivity contribution in [3.05, 3.63) is 93.5 Å². The largest absolute Gasteiger partial charge is 0.497 e. The van der Waals surface area contributed by atoms with E-state index in [1.807, 2.05) is 18.2 Å². The van der Waals surface area contributed by atoms with Crippen molar-refractivity contribution in [2.45, 2.75) is 29.5 Å². The molecule has 1 fully saturated rings. The van der Waals surface area contributed by atoms with Crippen LogP contribution in [0.1, 0.15) is 39.1 Å². The molecular weight excluding hydrogens is 645 g/mol. The van der Waals surface area contributed by atoms with E-state index in [1.165, 1.54) is 44.0 Å². The van der Waals surface area contributed by atoms with Crippen LogP contribution in [0.2, 0.25) is 10.0 Å². The summed E-state index contributed by atoms with van der Waals surface area (Å²) in [4.78, 5) is 49.4. The van der Waals surface area contributed by atoms with Crippen molar-refractivity contribution in [2.75, 3.05) is 33.9 Å². The summed E-state index contributed by atoms with van der Waals surface area (Å²) in [6, 6.07) is 15.0. The Balaban J connectivity index is 0.000000300. The van der Waals surface area contributed by atoms with Crippen molar-refractivity contribution in [2.24, 2.45) is 0 Å². The number of ketones is 2. The van der Waals surface area contributed by atoms with Crippen molar-refractivity contribution in [3.8, 4) is 11.5 Å². The number of methoxy groups -OCH3 is 2. The van der Waals surface area contributed by atoms with Gasteiger partial charge in [-0.2, -0.15) is 0 Å². The topological polar surface area (TPSA) is 200 Å². The molecule has 0 unspecified atom stereocenters. The van der Waals surface area contributed by atoms with Crippen LogP contribution in [0.3, 0.4) is 0 Å². The third kappa shape index (κ3) is 7.02. The number of benzene rings is 3. The van der Waals surface area contributed by atoms with Gasteiger partial charge in [-0.15, -0.1) is 0 Å². The minimum atomic E-state index is -4.04. The SMILES string of the molecule is COc1ccc(C(=O)[C@](O)(C(=O)O)[C@@](O)(C(=O)O)C(=O)c2ccc(OC)cc2)cc1.OCC[C@@]1(c2ccc(Cl)c(Cl)c2)CCNC1. The molecule has 46 heavy (non-hydrogen) atoms. The van der Waals surface area contributed by atoms with Gasteiger partial charge < -0.3 is 40.3 Å².